The number of para-hydroxylation sites is 2. The Morgan fingerprint density at radius 3 is 2.89 bits per heavy atom. The SMILES string of the molecule is CSC1CCCCN(c2ccccc2[N+](=O)[O-])C1. The summed E-state index contributed by atoms with van der Waals surface area (Å²) in [6.07, 6.45) is 5.65. The van der Waals surface area contributed by atoms with E-state index in [1.807, 2.05) is 23.9 Å². The third kappa shape index (κ3) is 2.96. The van der Waals surface area contributed by atoms with Gasteiger partial charge >= 0.3 is 0 Å². The van der Waals surface area contributed by atoms with Crippen LogP contribution in [0.15, 0.2) is 24.3 Å². The molecule has 0 N–H and O–H groups in total. The Morgan fingerprint density at radius 1 is 1.39 bits per heavy atom. The van der Waals surface area contributed by atoms with E-state index in [-0.39, 0.29) is 10.6 Å². The van der Waals surface area contributed by atoms with E-state index in [1.54, 1.807) is 12.1 Å². The standard InChI is InChI=1S/C13H18N2O2S/c1-18-11-6-4-5-9-14(10-11)12-7-2-3-8-13(12)15(16)17/h2-3,7-8,11H,4-6,9-10H2,1H3. The lowest BCUT2D eigenvalue weighted by Gasteiger charge is -2.25. The number of nitro benzene ring substituents is 1. The number of nitro groups is 1. The maximum Gasteiger partial charge on any atom is 0.292 e. The van der Waals surface area contributed by atoms with Crippen molar-refractivity contribution in [2.24, 2.45) is 0 Å². The van der Waals surface area contributed by atoms with E-state index in [9.17, 15) is 10.1 Å². The molecule has 1 saturated heterocycles. The summed E-state index contributed by atoms with van der Waals surface area (Å²) >= 11 is 1.86. The highest BCUT2D eigenvalue weighted by Crippen LogP contribution is 2.31. The van der Waals surface area contributed by atoms with Crippen LogP contribution in [0.5, 0.6) is 0 Å². The van der Waals surface area contributed by atoms with Crippen molar-refractivity contribution in [1.82, 2.24) is 0 Å². The van der Waals surface area contributed by atoms with E-state index >= 15 is 0 Å². The largest absolute Gasteiger partial charge is 0.365 e. The second-order valence-electron chi connectivity index (χ2n) is 4.55. The summed E-state index contributed by atoms with van der Waals surface area (Å²) in [4.78, 5) is 13.0. The molecular formula is C13H18N2O2S. The van der Waals surface area contributed by atoms with Crippen LogP contribution in [0, 0.1) is 10.1 Å². The maximum atomic E-state index is 11.1. The van der Waals surface area contributed by atoms with Gasteiger partial charge in [-0.1, -0.05) is 18.6 Å². The molecule has 1 aliphatic rings. The van der Waals surface area contributed by atoms with Crippen molar-refractivity contribution in [3.63, 3.8) is 0 Å². The molecule has 0 aromatic heterocycles. The van der Waals surface area contributed by atoms with Crippen LogP contribution in [-0.2, 0) is 0 Å². The first-order valence-electron chi connectivity index (χ1n) is 6.23. The van der Waals surface area contributed by atoms with Crippen molar-refractivity contribution >= 4 is 23.1 Å². The lowest BCUT2D eigenvalue weighted by Crippen LogP contribution is -2.29. The third-order valence-electron chi connectivity index (χ3n) is 3.38. The van der Waals surface area contributed by atoms with Crippen molar-refractivity contribution in [2.75, 3.05) is 24.2 Å². The van der Waals surface area contributed by atoms with Crippen LogP contribution in [0.1, 0.15) is 19.3 Å². The normalized spacial score (nSPS) is 20.5. The topological polar surface area (TPSA) is 46.4 Å². The minimum Gasteiger partial charge on any atom is -0.365 e. The summed E-state index contributed by atoms with van der Waals surface area (Å²) in [6.45, 7) is 1.83. The minimum atomic E-state index is -0.283. The zero-order chi connectivity index (χ0) is 13.0. The van der Waals surface area contributed by atoms with Gasteiger partial charge < -0.3 is 4.90 Å². The Hall–Kier alpha value is -1.23. The summed E-state index contributed by atoms with van der Waals surface area (Å²) in [5.41, 5.74) is 0.989. The zero-order valence-corrected chi connectivity index (χ0v) is 11.4. The van der Waals surface area contributed by atoms with E-state index in [0.29, 0.717) is 5.25 Å². The molecule has 0 amide bonds. The van der Waals surface area contributed by atoms with Gasteiger partial charge in [-0.25, -0.2) is 0 Å². The Balaban J connectivity index is 2.26. The highest BCUT2D eigenvalue weighted by atomic mass is 32.2. The molecule has 5 heteroatoms. The molecular weight excluding hydrogens is 248 g/mol. The van der Waals surface area contributed by atoms with Gasteiger partial charge in [0.15, 0.2) is 0 Å². The first-order chi connectivity index (χ1) is 8.72. The van der Waals surface area contributed by atoms with Gasteiger partial charge in [0.05, 0.1) is 4.92 Å². The molecule has 0 spiro atoms. The summed E-state index contributed by atoms with van der Waals surface area (Å²) in [5.74, 6) is 0. The number of rotatable bonds is 3. The number of hydrogen-bond donors (Lipinski definition) is 0. The molecule has 1 aromatic carbocycles. The van der Waals surface area contributed by atoms with Gasteiger partial charge in [0.1, 0.15) is 5.69 Å². The van der Waals surface area contributed by atoms with Crippen LogP contribution in [-0.4, -0.2) is 29.5 Å². The smallest absolute Gasteiger partial charge is 0.292 e. The predicted octanol–water partition coefficient (Wildman–Crippen LogP) is 3.32. The van der Waals surface area contributed by atoms with E-state index in [0.717, 1.165) is 25.2 Å². The second-order valence-corrected chi connectivity index (χ2v) is 5.68. The van der Waals surface area contributed by atoms with E-state index in [1.165, 1.54) is 12.8 Å². The average Bonchev–Trinajstić information content (AvgIpc) is 2.64. The molecule has 1 unspecified atom stereocenters. The van der Waals surface area contributed by atoms with Crippen LogP contribution in [0.25, 0.3) is 0 Å². The fourth-order valence-electron chi connectivity index (χ4n) is 2.40. The second kappa shape index (κ2) is 6.09. The highest BCUT2D eigenvalue weighted by molar-refractivity contribution is 7.99. The zero-order valence-electron chi connectivity index (χ0n) is 10.5. The Kier molecular flexibility index (Phi) is 4.47. The van der Waals surface area contributed by atoms with Gasteiger partial charge in [-0.15, -0.1) is 0 Å². The van der Waals surface area contributed by atoms with Crippen molar-refractivity contribution < 1.29 is 4.92 Å². The fraction of sp³-hybridized carbons (Fsp3) is 0.538. The van der Waals surface area contributed by atoms with Crippen LogP contribution in [0.4, 0.5) is 11.4 Å². The molecule has 0 bridgehead atoms. The minimum absolute atomic E-state index is 0.222. The molecule has 1 aromatic rings. The summed E-state index contributed by atoms with van der Waals surface area (Å²) in [6, 6.07) is 7.06. The Morgan fingerprint density at radius 2 is 2.17 bits per heavy atom. The molecule has 2 rings (SSSR count). The average molecular weight is 266 g/mol. The van der Waals surface area contributed by atoms with Gasteiger partial charge in [0, 0.05) is 24.4 Å². The van der Waals surface area contributed by atoms with Crippen LogP contribution >= 0.6 is 11.8 Å². The molecule has 1 heterocycles. The molecule has 0 saturated carbocycles. The molecule has 1 aliphatic heterocycles. The van der Waals surface area contributed by atoms with Crippen molar-refractivity contribution in [3.05, 3.63) is 34.4 Å². The number of hydrogen-bond acceptors (Lipinski definition) is 4. The monoisotopic (exact) mass is 266 g/mol. The maximum absolute atomic E-state index is 11.1. The Bertz CT molecular complexity index is 425. The number of anilines is 1. The lowest BCUT2D eigenvalue weighted by molar-refractivity contribution is -0.384. The van der Waals surface area contributed by atoms with Crippen molar-refractivity contribution in [2.45, 2.75) is 24.5 Å². The lowest BCUT2D eigenvalue weighted by atomic mass is 10.2. The molecule has 1 fully saturated rings. The van der Waals surface area contributed by atoms with E-state index in [2.05, 4.69) is 11.2 Å². The number of benzene rings is 1. The summed E-state index contributed by atoms with van der Waals surface area (Å²) in [7, 11) is 0. The van der Waals surface area contributed by atoms with Gasteiger partial charge in [-0.05, 0) is 25.2 Å². The first-order valence-corrected chi connectivity index (χ1v) is 7.52. The third-order valence-corrected chi connectivity index (χ3v) is 4.43. The first kappa shape index (κ1) is 13.2. The van der Waals surface area contributed by atoms with Crippen LogP contribution in [0.3, 0.4) is 0 Å². The molecule has 0 radical (unpaired) electrons. The van der Waals surface area contributed by atoms with Gasteiger partial charge in [-0.2, -0.15) is 11.8 Å². The number of thioether (sulfide) groups is 1. The highest BCUT2D eigenvalue weighted by Gasteiger charge is 2.23. The fourth-order valence-corrected chi connectivity index (χ4v) is 3.13. The van der Waals surface area contributed by atoms with Crippen molar-refractivity contribution in [3.8, 4) is 0 Å². The quantitative estimate of drug-likeness (QED) is 0.622. The van der Waals surface area contributed by atoms with Gasteiger partial charge in [0.25, 0.3) is 5.69 Å². The number of nitrogens with zero attached hydrogens (tertiary/aromatic N) is 2. The van der Waals surface area contributed by atoms with Crippen molar-refractivity contribution in [1.29, 1.82) is 0 Å². The Labute approximate surface area is 112 Å². The van der Waals surface area contributed by atoms with Gasteiger partial charge in [-0.3, -0.25) is 10.1 Å². The van der Waals surface area contributed by atoms with E-state index < -0.39 is 0 Å². The summed E-state index contributed by atoms with van der Waals surface area (Å²) < 4.78 is 0. The summed E-state index contributed by atoms with van der Waals surface area (Å²) in [5, 5.41) is 11.7. The molecule has 1 atom stereocenters. The van der Waals surface area contributed by atoms with Crippen LogP contribution in [0.2, 0.25) is 0 Å². The molecule has 4 nitrogen and oxygen atoms in total. The van der Waals surface area contributed by atoms with Crippen LogP contribution < -0.4 is 4.90 Å². The molecule has 0 aliphatic carbocycles. The predicted molar refractivity (Wildman–Crippen MR) is 76.5 cm³/mol. The molecule has 18 heavy (non-hydrogen) atoms. The molecule has 98 valence electrons. The van der Waals surface area contributed by atoms with E-state index in [4.69, 9.17) is 0 Å². The van der Waals surface area contributed by atoms with Gasteiger partial charge in [0.2, 0.25) is 0 Å².